The SMILES string of the molecule is Cn1ncc2c(=O)n(CCNC3CCS(=O)(=O)C3)nnc21. The first kappa shape index (κ1) is 14.1. The Hall–Kier alpha value is -1.81. The van der Waals surface area contributed by atoms with Gasteiger partial charge in [0.25, 0.3) is 5.56 Å². The molecule has 0 amide bonds. The number of fused-ring (bicyclic) bond motifs is 1. The molecule has 0 bridgehead atoms. The summed E-state index contributed by atoms with van der Waals surface area (Å²) < 4.78 is 25.5. The van der Waals surface area contributed by atoms with Crippen molar-refractivity contribution in [2.24, 2.45) is 7.05 Å². The van der Waals surface area contributed by atoms with Gasteiger partial charge in [0.05, 0.1) is 24.2 Å². The number of rotatable bonds is 4. The minimum absolute atomic E-state index is 0.0409. The summed E-state index contributed by atoms with van der Waals surface area (Å²) in [6, 6.07) is -0.0409. The van der Waals surface area contributed by atoms with E-state index >= 15 is 0 Å². The van der Waals surface area contributed by atoms with Crippen molar-refractivity contribution in [1.82, 2.24) is 30.1 Å². The molecular formula is C11H16N6O3S. The van der Waals surface area contributed by atoms with E-state index in [9.17, 15) is 13.2 Å². The molecule has 10 heteroatoms. The van der Waals surface area contributed by atoms with Gasteiger partial charge in [-0.2, -0.15) is 5.10 Å². The van der Waals surface area contributed by atoms with Gasteiger partial charge in [0.15, 0.2) is 15.5 Å². The van der Waals surface area contributed by atoms with Crippen LogP contribution in [0.5, 0.6) is 0 Å². The van der Waals surface area contributed by atoms with Gasteiger partial charge in [-0.25, -0.2) is 17.8 Å². The third kappa shape index (κ3) is 2.81. The van der Waals surface area contributed by atoms with E-state index in [2.05, 4.69) is 20.7 Å². The molecule has 0 aromatic carbocycles. The number of nitrogens with zero attached hydrogens (tertiary/aromatic N) is 5. The number of hydrogen-bond donors (Lipinski definition) is 1. The summed E-state index contributed by atoms with van der Waals surface area (Å²) in [6.07, 6.45) is 2.09. The summed E-state index contributed by atoms with van der Waals surface area (Å²) in [5.74, 6) is 0.390. The van der Waals surface area contributed by atoms with Crippen molar-refractivity contribution in [2.75, 3.05) is 18.1 Å². The molecule has 1 atom stereocenters. The van der Waals surface area contributed by atoms with Crippen LogP contribution >= 0.6 is 0 Å². The van der Waals surface area contributed by atoms with Crippen molar-refractivity contribution >= 4 is 20.9 Å². The average molecular weight is 312 g/mol. The third-order valence-corrected chi connectivity index (χ3v) is 5.38. The van der Waals surface area contributed by atoms with Crippen LogP contribution < -0.4 is 10.9 Å². The van der Waals surface area contributed by atoms with Crippen LogP contribution in [0.4, 0.5) is 0 Å². The Kier molecular flexibility index (Phi) is 3.49. The predicted molar refractivity (Wildman–Crippen MR) is 75.6 cm³/mol. The molecule has 2 aromatic heterocycles. The van der Waals surface area contributed by atoms with Crippen LogP contribution in [-0.4, -0.2) is 57.3 Å². The second-order valence-electron chi connectivity index (χ2n) is 5.18. The predicted octanol–water partition coefficient (Wildman–Crippen LogP) is -1.70. The Morgan fingerprint density at radius 3 is 3.00 bits per heavy atom. The Morgan fingerprint density at radius 2 is 2.29 bits per heavy atom. The molecule has 2 aromatic rings. The van der Waals surface area contributed by atoms with Crippen molar-refractivity contribution in [2.45, 2.75) is 19.0 Å². The molecule has 0 aliphatic carbocycles. The van der Waals surface area contributed by atoms with Crippen molar-refractivity contribution in [3.63, 3.8) is 0 Å². The lowest BCUT2D eigenvalue weighted by Gasteiger charge is -2.10. The topological polar surface area (TPSA) is 112 Å². The van der Waals surface area contributed by atoms with E-state index in [1.54, 1.807) is 7.05 Å². The normalized spacial score (nSPS) is 21.1. The van der Waals surface area contributed by atoms with Gasteiger partial charge in [-0.05, 0) is 6.42 Å². The monoisotopic (exact) mass is 312 g/mol. The summed E-state index contributed by atoms with van der Waals surface area (Å²) in [5.41, 5.74) is 0.208. The standard InChI is InChI=1S/C11H16N6O3S/c1-16-10-9(6-13-16)11(18)17(15-14-10)4-3-12-8-2-5-21(19,20)7-8/h6,8,12H,2-5,7H2,1H3. The van der Waals surface area contributed by atoms with Gasteiger partial charge in [-0.1, -0.05) is 5.21 Å². The van der Waals surface area contributed by atoms with Gasteiger partial charge in [0, 0.05) is 19.6 Å². The second-order valence-corrected chi connectivity index (χ2v) is 7.41. The molecule has 114 valence electrons. The first-order valence-electron chi connectivity index (χ1n) is 6.65. The molecular weight excluding hydrogens is 296 g/mol. The zero-order valence-electron chi connectivity index (χ0n) is 11.6. The van der Waals surface area contributed by atoms with E-state index in [0.717, 1.165) is 0 Å². The Morgan fingerprint density at radius 1 is 1.48 bits per heavy atom. The summed E-state index contributed by atoms with van der Waals surface area (Å²) in [4.78, 5) is 12.2. The smallest absolute Gasteiger partial charge is 0.280 e. The van der Waals surface area contributed by atoms with Crippen molar-refractivity contribution in [3.05, 3.63) is 16.6 Å². The number of aryl methyl sites for hydroxylation is 1. The van der Waals surface area contributed by atoms with Crippen LogP contribution in [0, 0.1) is 0 Å². The van der Waals surface area contributed by atoms with Gasteiger partial charge in [0.2, 0.25) is 0 Å². The molecule has 9 nitrogen and oxygen atoms in total. The van der Waals surface area contributed by atoms with Crippen LogP contribution in [0.15, 0.2) is 11.0 Å². The highest BCUT2D eigenvalue weighted by atomic mass is 32.2. The Bertz CT molecular complexity index is 824. The highest BCUT2D eigenvalue weighted by Crippen LogP contribution is 2.10. The van der Waals surface area contributed by atoms with Gasteiger partial charge in [-0.3, -0.25) is 4.79 Å². The lowest BCUT2D eigenvalue weighted by molar-refractivity contribution is 0.475. The van der Waals surface area contributed by atoms with Crippen molar-refractivity contribution in [1.29, 1.82) is 0 Å². The maximum Gasteiger partial charge on any atom is 0.280 e. The van der Waals surface area contributed by atoms with Gasteiger partial charge < -0.3 is 5.32 Å². The fraction of sp³-hybridized carbons (Fsp3) is 0.636. The summed E-state index contributed by atoms with van der Waals surface area (Å²) >= 11 is 0. The first-order valence-corrected chi connectivity index (χ1v) is 8.48. The lowest BCUT2D eigenvalue weighted by Crippen LogP contribution is -2.35. The van der Waals surface area contributed by atoms with Crippen LogP contribution in [0.3, 0.4) is 0 Å². The van der Waals surface area contributed by atoms with Crippen molar-refractivity contribution < 1.29 is 8.42 Å². The average Bonchev–Trinajstić information content (AvgIpc) is 2.96. The summed E-state index contributed by atoms with van der Waals surface area (Å²) in [7, 11) is -1.20. The quantitative estimate of drug-likeness (QED) is 0.716. The molecule has 3 rings (SSSR count). The molecule has 0 radical (unpaired) electrons. The van der Waals surface area contributed by atoms with Crippen molar-refractivity contribution in [3.8, 4) is 0 Å². The minimum atomic E-state index is -2.89. The number of nitrogens with one attached hydrogen (secondary N) is 1. The summed E-state index contributed by atoms with van der Waals surface area (Å²) in [5, 5.41) is 15.4. The lowest BCUT2D eigenvalue weighted by atomic mass is 10.3. The fourth-order valence-corrected chi connectivity index (χ4v) is 4.16. The molecule has 21 heavy (non-hydrogen) atoms. The molecule has 1 aliphatic rings. The number of hydrogen-bond acceptors (Lipinski definition) is 7. The molecule has 1 fully saturated rings. The summed E-state index contributed by atoms with van der Waals surface area (Å²) in [6.45, 7) is 0.813. The van der Waals surface area contributed by atoms with E-state index in [1.807, 2.05) is 0 Å². The maximum absolute atomic E-state index is 12.2. The van der Waals surface area contributed by atoms with Gasteiger partial charge >= 0.3 is 0 Å². The number of aromatic nitrogens is 5. The highest BCUT2D eigenvalue weighted by Gasteiger charge is 2.27. The zero-order valence-corrected chi connectivity index (χ0v) is 12.4. The first-order chi connectivity index (χ1) is 9.96. The van der Waals surface area contributed by atoms with Gasteiger partial charge in [0.1, 0.15) is 5.39 Å². The van der Waals surface area contributed by atoms with Crippen LogP contribution in [-0.2, 0) is 23.4 Å². The fourth-order valence-electron chi connectivity index (χ4n) is 2.45. The molecule has 1 aliphatic heterocycles. The maximum atomic E-state index is 12.2. The molecule has 0 saturated carbocycles. The number of sulfone groups is 1. The molecule has 0 spiro atoms. The van der Waals surface area contributed by atoms with Gasteiger partial charge in [-0.15, -0.1) is 5.10 Å². The molecule has 1 saturated heterocycles. The van der Waals surface area contributed by atoms with Crippen LogP contribution in [0.1, 0.15) is 6.42 Å². The van der Waals surface area contributed by atoms with E-state index in [1.165, 1.54) is 15.6 Å². The molecule has 1 N–H and O–H groups in total. The zero-order chi connectivity index (χ0) is 15.0. The minimum Gasteiger partial charge on any atom is -0.311 e. The van der Waals surface area contributed by atoms with Crippen LogP contribution in [0.25, 0.3) is 11.0 Å². The van der Waals surface area contributed by atoms with E-state index in [-0.39, 0.29) is 23.1 Å². The molecule has 1 unspecified atom stereocenters. The molecule has 3 heterocycles. The third-order valence-electron chi connectivity index (χ3n) is 3.61. The van der Waals surface area contributed by atoms with Crippen LogP contribution in [0.2, 0.25) is 0 Å². The van der Waals surface area contributed by atoms with E-state index < -0.39 is 9.84 Å². The van der Waals surface area contributed by atoms with E-state index in [0.29, 0.717) is 30.5 Å². The van der Waals surface area contributed by atoms with E-state index in [4.69, 9.17) is 0 Å². The Balaban J connectivity index is 1.66. The Labute approximate surface area is 120 Å². The second kappa shape index (κ2) is 5.19. The highest BCUT2D eigenvalue weighted by molar-refractivity contribution is 7.91. The largest absolute Gasteiger partial charge is 0.311 e.